The van der Waals surface area contributed by atoms with Gasteiger partial charge in [-0.3, -0.25) is 4.98 Å². The maximum atomic E-state index is 14.1. The fraction of sp³-hybridized carbons (Fsp3) is 0.500. The smallest absolute Gasteiger partial charge is 0.211 e. The van der Waals surface area contributed by atoms with E-state index in [4.69, 9.17) is 0 Å². The van der Waals surface area contributed by atoms with Gasteiger partial charge in [0.15, 0.2) is 0 Å². The first kappa shape index (κ1) is 20.5. The van der Waals surface area contributed by atoms with Crippen LogP contribution in [-0.2, 0) is 29.4 Å². The Kier molecular flexibility index (Phi) is 5.26. The van der Waals surface area contributed by atoms with Crippen molar-refractivity contribution in [1.82, 2.24) is 19.3 Å². The van der Waals surface area contributed by atoms with Gasteiger partial charge in [-0.1, -0.05) is 12.2 Å². The molecule has 0 aromatic carbocycles. The number of allylic oxidation sites excluding steroid dienone is 1. The third kappa shape index (κ3) is 3.74. The van der Waals surface area contributed by atoms with E-state index in [0.717, 1.165) is 53.2 Å². The second-order valence-corrected chi connectivity index (χ2v) is 10.5. The first-order valence-electron chi connectivity index (χ1n) is 10.7. The number of anilines is 1. The van der Waals surface area contributed by atoms with Gasteiger partial charge >= 0.3 is 0 Å². The molecular weight excluding hydrogens is 417 g/mol. The van der Waals surface area contributed by atoms with E-state index >= 15 is 0 Å². The lowest BCUT2D eigenvalue weighted by atomic mass is 9.87. The van der Waals surface area contributed by atoms with E-state index in [0.29, 0.717) is 26.1 Å². The number of pyridine rings is 1. The first-order valence-corrected chi connectivity index (χ1v) is 12.6. The number of hydrogen-bond acceptors (Lipinski definition) is 6. The average molecular weight is 444 g/mol. The zero-order chi connectivity index (χ0) is 21.6. The molecule has 5 rings (SSSR count). The largest absolute Gasteiger partial charge is 0.360 e. The summed E-state index contributed by atoms with van der Waals surface area (Å²) >= 11 is 0. The van der Waals surface area contributed by atoms with Gasteiger partial charge in [-0.25, -0.2) is 27.1 Å². The number of rotatable bonds is 4. The molecule has 0 amide bonds. The molecule has 164 valence electrons. The van der Waals surface area contributed by atoms with E-state index in [2.05, 4.69) is 32.0 Å². The summed E-state index contributed by atoms with van der Waals surface area (Å²) in [7, 11) is -3.17. The van der Waals surface area contributed by atoms with Gasteiger partial charge in [0.05, 0.1) is 29.4 Å². The van der Waals surface area contributed by atoms with Crippen molar-refractivity contribution in [3.63, 3.8) is 0 Å². The predicted octanol–water partition coefficient (Wildman–Crippen LogP) is 2.48. The maximum absolute atomic E-state index is 14.1. The number of hydrogen-bond donors (Lipinski definition) is 0. The number of halogens is 1. The van der Waals surface area contributed by atoms with Crippen LogP contribution < -0.4 is 4.90 Å². The zero-order valence-electron chi connectivity index (χ0n) is 17.5. The summed E-state index contributed by atoms with van der Waals surface area (Å²) in [5, 5.41) is 0. The third-order valence-electron chi connectivity index (χ3n) is 6.71. The van der Waals surface area contributed by atoms with Crippen LogP contribution >= 0.6 is 0 Å². The number of fused-ring (bicyclic) bond motifs is 2. The summed E-state index contributed by atoms with van der Waals surface area (Å²) in [6, 6.07) is 1.69. The second kappa shape index (κ2) is 7.94. The number of sulfonamides is 1. The maximum Gasteiger partial charge on any atom is 0.211 e. The predicted molar refractivity (Wildman–Crippen MR) is 117 cm³/mol. The molecule has 1 fully saturated rings. The van der Waals surface area contributed by atoms with Gasteiger partial charge in [-0.2, -0.15) is 0 Å². The Balaban J connectivity index is 1.47. The average Bonchev–Trinajstić information content (AvgIpc) is 3.26. The normalized spacial score (nSPS) is 21.9. The van der Waals surface area contributed by atoms with Crippen LogP contribution in [0.3, 0.4) is 0 Å². The molecule has 1 unspecified atom stereocenters. The Morgan fingerprint density at radius 3 is 2.71 bits per heavy atom. The quantitative estimate of drug-likeness (QED) is 0.722. The molecule has 0 N–H and O–H groups in total. The molecule has 2 aromatic heterocycles. The lowest BCUT2D eigenvalue weighted by Crippen LogP contribution is -2.44. The van der Waals surface area contributed by atoms with Crippen molar-refractivity contribution in [2.45, 2.75) is 44.2 Å². The summed E-state index contributed by atoms with van der Waals surface area (Å²) in [5.74, 6) is 0.182. The van der Waals surface area contributed by atoms with Gasteiger partial charge in [-0.05, 0) is 18.9 Å². The van der Waals surface area contributed by atoms with Crippen LogP contribution in [0.2, 0.25) is 0 Å². The van der Waals surface area contributed by atoms with Crippen molar-refractivity contribution in [1.29, 1.82) is 0 Å². The molecule has 0 bridgehead atoms. The highest BCUT2D eigenvalue weighted by Gasteiger charge is 2.34. The third-order valence-corrected chi connectivity index (χ3v) is 8.01. The van der Waals surface area contributed by atoms with E-state index < -0.39 is 16.7 Å². The molecule has 2 aromatic rings. The van der Waals surface area contributed by atoms with Gasteiger partial charge in [0, 0.05) is 61.4 Å². The highest BCUT2D eigenvalue weighted by atomic mass is 32.2. The van der Waals surface area contributed by atoms with Crippen molar-refractivity contribution in [2.24, 2.45) is 0 Å². The van der Waals surface area contributed by atoms with Crippen LogP contribution in [0, 0.1) is 0 Å². The Bertz CT molecular complexity index is 1130. The molecule has 2 aliphatic heterocycles. The molecule has 0 saturated carbocycles. The monoisotopic (exact) mass is 443 g/mol. The number of alkyl halides is 1. The summed E-state index contributed by atoms with van der Waals surface area (Å²) in [5.41, 5.74) is 6.08. The first-order chi connectivity index (χ1) is 15.0. The van der Waals surface area contributed by atoms with Crippen molar-refractivity contribution in [2.75, 3.05) is 30.9 Å². The van der Waals surface area contributed by atoms with Crippen molar-refractivity contribution >= 4 is 21.8 Å². The molecule has 7 nitrogen and oxygen atoms in total. The van der Waals surface area contributed by atoms with Crippen LogP contribution in [0.5, 0.6) is 0 Å². The summed E-state index contributed by atoms with van der Waals surface area (Å²) in [6.07, 6.45) is 11.6. The molecule has 9 heteroatoms. The summed E-state index contributed by atoms with van der Waals surface area (Å²) < 4.78 is 39.4. The van der Waals surface area contributed by atoms with Crippen molar-refractivity contribution in [3.05, 3.63) is 52.9 Å². The van der Waals surface area contributed by atoms with Crippen LogP contribution in [0.4, 0.5) is 10.1 Å². The minimum Gasteiger partial charge on any atom is -0.360 e. The van der Waals surface area contributed by atoms with Gasteiger partial charge in [0.2, 0.25) is 10.0 Å². The van der Waals surface area contributed by atoms with Gasteiger partial charge in [-0.15, -0.1) is 0 Å². The molecule has 3 aliphatic rings. The minimum absolute atomic E-state index is 0.182. The highest BCUT2D eigenvalue weighted by molar-refractivity contribution is 7.88. The van der Waals surface area contributed by atoms with E-state index in [1.807, 2.05) is 6.07 Å². The second-order valence-electron chi connectivity index (χ2n) is 8.56. The fourth-order valence-corrected chi connectivity index (χ4v) is 5.94. The zero-order valence-corrected chi connectivity index (χ0v) is 18.4. The van der Waals surface area contributed by atoms with E-state index in [1.165, 1.54) is 10.6 Å². The van der Waals surface area contributed by atoms with Crippen LogP contribution in [-0.4, -0.2) is 59.7 Å². The molecule has 4 heterocycles. The van der Waals surface area contributed by atoms with E-state index in [-0.39, 0.29) is 12.0 Å². The van der Waals surface area contributed by atoms with Crippen molar-refractivity contribution < 1.29 is 12.8 Å². The Hall–Kier alpha value is -2.39. The van der Waals surface area contributed by atoms with E-state index in [9.17, 15) is 12.8 Å². The topological polar surface area (TPSA) is 79.3 Å². The fourth-order valence-electron chi connectivity index (χ4n) is 5.07. The molecule has 1 atom stereocenters. The van der Waals surface area contributed by atoms with Crippen molar-refractivity contribution in [3.8, 4) is 0 Å². The van der Waals surface area contributed by atoms with Gasteiger partial charge in [0.1, 0.15) is 13.0 Å². The lowest BCUT2D eigenvalue weighted by Gasteiger charge is -2.39. The highest BCUT2D eigenvalue weighted by Crippen LogP contribution is 2.37. The molecule has 0 spiro atoms. The number of aromatic nitrogens is 3. The molecule has 31 heavy (non-hydrogen) atoms. The van der Waals surface area contributed by atoms with E-state index in [1.54, 1.807) is 12.5 Å². The molecule has 1 aliphatic carbocycles. The minimum atomic E-state index is -3.17. The Labute approximate surface area is 182 Å². The van der Waals surface area contributed by atoms with Crippen LogP contribution in [0.1, 0.15) is 47.0 Å². The number of nitrogens with zero attached hydrogens (tertiary/aromatic N) is 5. The molecule has 0 radical (unpaired) electrons. The van der Waals surface area contributed by atoms with Crippen LogP contribution in [0.15, 0.2) is 24.7 Å². The standard InChI is InChI=1S/C22H26FN5O2S/c1-31(29,30)27-9-6-15(7-10-27)22-18-13-28(16(12-23)11-20(18)25-14-26-22)21-5-8-24-19-4-2-3-17(19)21/h2-3,5,8,14-16H,4,6-7,9-13H2,1H3. The SMILES string of the molecule is CS(=O)(=O)N1CCC(c2ncnc3c2CN(c2ccnc4c2C=CC4)C(CF)C3)CC1. The Morgan fingerprint density at radius 2 is 1.97 bits per heavy atom. The summed E-state index contributed by atoms with van der Waals surface area (Å²) in [6.45, 7) is 1.10. The lowest BCUT2D eigenvalue weighted by molar-refractivity contribution is 0.316. The number of piperidine rings is 1. The Morgan fingerprint density at radius 1 is 1.16 bits per heavy atom. The summed E-state index contributed by atoms with van der Waals surface area (Å²) in [4.78, 5) is 15.7. The van der Waals surface area contributed by atoms with Gasteiger partial charge in [0.25, 0.3) is 0 Å². The van der Waals surface area contributed by atoms with Crippen LogP contribution in [0.25, 0.3) is 6.08 Å². The molecular formula is C22H26FN5O2S. The van der Waals surface area contributed by atoms with Gasteiger partial charge < -0.3 is 4.90 Å². The molecule has 1 saturated heterocycles.